The molecule has 1 saturated heterocycles. The first-order valence-corrected chi connectivity index (χ1v) is 14.6. The minimum absolute atomic E-state index is 0.139. The molecule has 4 heterocycles. The second kappa shape index (κ2) is 11.5. The van der Waals surface area contributed by atoms with Crippen LogP contribution in [-0.2, 0) is 10.3 Å². The summed E-state index contributed by atoms with van der Waals surface area (Å²) in [5.41, 5.74) is 9.53. The van der Waals surface area contributed by atoms with E-state index < -0.39 is 11.2 Å². The molecule has 11 heteroatoms. The number of piperazine rings is 1. The highest BCUT2D eigenvalue weighted by molar-refractivity contribution is 5.95. The Morgan fingerprint density at radius 3 is 2.53 bits per heavy atom. The van der Waals surface area contributed by atoms with Gasteiger partial charge in [-0.2, -0.15) is 5.10 Å². The molecule has 3 aromatic rings. The van der Waals surface area contributed by atoms with Crippen LogP contribution in [0, 0.1) is 11.2 Å². The molecule has 2 aromatic heterocycles. The van der Waals surface area contributed by atoms with Gasteiger partial charge in [0.25, 0.3) is 0 Å². The largest absolute Gasteiger partial charge is 0.404 e. The lowest BCUT2D eigenvalue weighted by atomic mass is 9.89. The average Bonchev–Trinajstić information content (AvgIpc) is 3.56. The molecule has 1 amide bonds. The first-order valence-electron chi connectivity index (χ1n) is 14.6. The Bertz CT molecular complexity index is 1660. The Morgan fingerprint density at radius 2 is 1.88 bits per heavy atom. The number of halogens is 1. The van der Waals surface area contributed by atoms with Crippen LogP contribution in [-0.4, -0.2) is 75.3 Å². The van der Waals surface area contributed by atoms with Crippen LogP contribution in [0.2, 0.25) is 0 Å². The number of carbonyl (C=O) groups is 1. The van der Waals surface area contributed by atoms with Crippen molar-refractivity contribution in [1.29, 1.82) is 0 Å². The monoisotopic (exact) mass is 587 g/mol. The number of nitrogens with zero attached hydrogens (tertiary/aromatic N) is 5. The van der Waals surface area contributed by atoms with E-state index in [0.29, 0.717) is 39.6 Å². The zero-order valence-corrected chi connectivity index (χ0v) is 26.1. The third-order valence-corrected chi connectivity index (χ3v) is 8.18. The highest BCUT2D eigenvalue weighted by Crippen LogP contribution is 2.41. The number of rotatable bonds is 6. The van der Waals surface area contributed by atoms with E-state index in [4.69, 9.17) is 10.7 Å². The number of carbonyl (C=O) groups excluding carboxylic acids is 1. The van der Waals surface area contributed by atoms with Gasteiger partial charge in [0.2, 0.25) is 5.91 Å². The van der Waals surface area contributed by atoms with Crippen LogP contribution in [0.5, 0.6) is 0 Å². The van der Waals surface area contributed by atoms with Gasteiger partial charge in [-0.25, -0.2) is 14.4 Å². The fourth-order valence-electron chi connectivity index (χ4n) is 5.51. The molecule has 0 radical (unpaired) electrons. The standard InChI is InChI=1S/C32H42FN9O/c1-19(2)14-22(36-30(43)31(3,4)5)15-21(18-34)20-16-23-25(24(33)17-20)39-40-26(23)28-37-27-29(38-28)35-9-8-32(27,6)42-12-10-41(7)11-13-42/h9,14-18H,8,10-13,34H2,1-7H3,(H,36,43)(H,37,38)(H,39,40)/b21-18+,22-15+. The van der Waals surface area contributed by atoms with Gasteiger partial charge in [0.05, 0.1) is 11.2 Å². The second-order valence-corrected chi connectivity index (χ2v) is 13.0. The number of nitrogens with two attached hydrogens (primary N) is 1. The molecule has 5 rings (SSSR count). The lowest BCUT2D eigenvalue weighted by molar-refractivity contribution is -0.127. The molecule has 0 bridgehead atoms. The van der Waals surface area contributed by atoms with Crippen molar-refractivity contribution in [2.45, 2.75) is 53.5 Å². The van der Waals surface area contributed by atoms with Crippen molar-refractivity contribution in [2.75, 3.05) is 33.2 Å². The number of fused-ring (bicyclic) bond motifs is 2. The lowest BCUT2D eigenvalue weighted by Crippen LogP contribution is -2.54. The Balaban J connectivity index is 1.54. The van der Waals surface area contributed by atoms with E-state index in [1.807, 2.05) is 53.0 Å². The fourth-order valence-corrected chi connectivity index (χ4v) is 5.51. The van der Waals surface area contributed by atoms with Crippen LogP contribution in [0.3, 0.4) is 0 Å². The van der Waals surface area contributed by atoms with Gasteiger partial charge in [-0.3, -0.25) is 14.8 Å². The Labute approximate surface area is 252 Å². The van der Waals surface area contributed by atoms with Gasteiger partial charge in [0.15, 0.2) is 17.5 Å². The molecule has 2 aliphatic heterocycles. The number of nitrogens with one attached hydrogen (secondary N) is 3. The number of allylic oxidation sites excluding steroid dienone is 4. The number of likely N-dealkylation sites (N-methyl/N-ethyl adjacent to an activating group) is 1. The number of H-pyrrole nitrogens is 2. The maximum Gasteiger partial charge on any atom is 0.229 e. The number of aromatic amines is 2. The highest BCUT2D eigenvalue weighted by atomic mass is 19.1. The molecule has 1 aromatic carbocycles. The third kappa shape index (κ3) is 6.05. The number of aromatic nitrogens is 4. The third-order valence-electron chi connectivity index (χ3n) is 8.18. The quantitative estimate of drug-likeness (QED) is 0.301. The van der Waals surface area contributed by atoms with Gasteiger partial charge in [0.1, 0.15) is 11.2 Å². The smallest absolute Gasteiger partial charge is 0.229 e. The summed E-state index contributed by atoms with van der Waals surface area (Å²) in [4.78, 5) is 30.5. The summed E-state index contributed by atoms with van der Waals surface area (Å²) in [6.45, 7) is 15.5. The van der Waals surface area contributed by atoms with Crippen molar-refractivity contribution in [1.82, 2.24) is 35.3 Å². The number of hydrogen-bond donors (Lipinski definition) is 4. The highest BCUT2D eigenvalue weighted by Gasteiger charge is 2.40. The zero-order chi connectivity index (χ0) is 31.1. The fraction of sp³-hybridized carbons (Fsp3) is 0.438. The van der Waals surface area contributed by atoms with Crippen molar-refractivity contribution in [3.63, 3.8) is 0 Å². The molecule has 1 atom stereocenters. The van der Waals surface area contributed by atoms with Crippen molar-refractivity contribution in [3.8, 4) is 11.5 Å². The average molecular weight is 588 g/mol. The summed E-state index contributed by atoms with van der Waals surface area (Å²) in [7, 11) is 2.14. The van der Waals surface area contributed by atoms with Crippen molar-refractivity contribution in [2.24, 2.45) is 16.1 Å². The maximum atomic E-state index is 15.5. The van der Waals surface area contributed by atoms with E-state index in [-0.39, 0.29) is 17.0 Å². The van der Waals surface area contributed by atoms with E-state index in [0.717, 1.165) is 43.9 Å². The number of aliphatic imine (C=N–C) groups is 1. The number of benzene rings is 1. The predicted molar refractivity (Wildman–Crippen MR) is 170 cm³/mol. The molecule has 228 valence electrons. The Kier molecular flexibility index (Phi) is 8.15. The maximum absolute atomic E-state index is 15.5. The van der Waals surface area contributed by atoms with E-state index in [9.17, 15) is 4.79 Å². The van der Waals surface area contributed by atoms with Gasteiger partial charge in [-0.05, 0) is 63.2 Å². The molecule has 5 N–H and O–H groups in total. The van der Waals surface area contributed by atoms with Gasteiger partial charge in [-0.1, -0.05) is 26.3 Å². The number of hydrogen-bond acceptors (Lipinski definition) is 7. The van der Waals surface area contributed by atoms with Crippen LogP contribution in [0.4, 0.5) is 10.2 Å². The molecule has 0 spiro atoms. The van der Waals surface area contributed by atoms with E-state index in [1.54, 1.807) is 6.08 Å². The summed E-state index contributed by atoms with van der Waals surface area (Å²) in [5.74, 6) is 0.537. The first kappa shape index (κ1) is 30.4. The SMILES string of the molecule is CC(C)=C/C(=C\C(=C/N)c1cc(F)c2n[nH]c(-c3nc4c([nH]3)C(C)(N3CCN(C)CC3)CC=N4)c2c1)NC(=O)C(C)(C)C. The summed E-state index contributed by atoms with van der Waals surface area (Å²) in [6, 6.07) is 3.23. The van der Waals surface area contributed by atoms with Crippen molar-refractivity contribution < 1.29 is 9.18 Å². The Morgan fingerprint density at radius 1 is 1.16 bits per heavy atom. The minimum atomic E-state index is -0.593. The molecular weight excluding hydrogens is 545 g/mol. The summed E-state index contributed by atoms with van der Waals surface area (Å²) in [6.07, 6.45) is 7.71. The summed E-state index contributed by atoms with van der Waals surface area (Å²) < 4.78 is 15.5. The van der Waals surface area contributed by atoms with Crippen molar-refractivity contribution in [3.05, 3.63) is 58.8 Å². The van der Waals surface area contributed by atoms with Crippen LogP contribution in [0.1, 0.15) is 59.2 Å². The Hall–Kier alpha value is -4.09. The topological polar surface area (TPSA) is 131 Å². The molecule has 1 unspecified atom stereocenters. The number of imidazole rings is 1. The number of amides is 1. The molecule has 10 nitrogen and oxygen atoms in total. The van der Waals surface area contributed by atoms with Crippen molar-refractivity contribution >= 4 is 34.4 Å². The predicted octanol–water partition coefficient (Wildman–Crippen LogP) is 4.97. The minimum Gasteiger partial charge on any atom is -0.404 e. The van der Waals surface area contributed by atoms with E-state index >= 15 is 4.39 Å². The van der Waals surface area contributed by atoms with Gasteiger partial charge < -0.3 is 20.9 Å². The first-order chi connectivity index (χ1) is 20.3. The molecule has 0 aliphatic carbocycles. The summed E-state index contributed by atoms with van der Waals surface area (Å²) in [5, 5.41) is 10.8. The van der Waals surface area contributed by atoms with Gasteiger partial charge in [-0.15, -0.1) is 0 Å². The lowest BCUT2D eigenvalue weighted by Gasteiger charge is -2.45. The molecular formula is C32H42FN9O. The van der Waals surface area contributed by atoms with Gasteiger partial charge >= 0.3 is 0 Å². The summed E-state index contributed by atoms with van der Waals surface area (Å²) >= 11 is 0. The molecule has 0 saturated carbocycles. The zero-order valence-electron chi connectivity index (χ0n) is 26.1. The van der Waals surface area contributed by atoms with Gasteiger partial charge in [0, 0.05) is 61.5 Å². The molecule has 1 fully saturated rings. The van der Waals surface area contributed by atoms with Crippen LogP contribution in [0.25, 0.3) is 28.0 Å². The van der Waals surface area contributed by atoms with Crippen LogP contribution < -0.4 is 11.1 Å². The normalized spacial score (nSPS) is 20.4. The van der Waals surface area contributed by atoms with E-state index in [2.05, 4.69) is 49.3 Å². The van der Waals surface area contributed by atoms with E-state index in [1.165, 1.54) is 12.3 Å². The van der Waals surface area contributed by atoms with Crippen LogP contribution in [0.15, 0.2) is 46.7 Å². The molecule has 43 heavy (non-hydrogen) atoms. The second-order valence-electron chi connectivity index (χ2n) is 13.0. The van der Waals surface area contributed by atoms with Crippen LogP contribution >= 0.6 is 0 Å². The molecule has 2 aliphatic rings.